The van der Waals surface area contributed by atoms with E-state index in [9.17, 15) is 9.90 Å². The van der Waals surface area contributed by atoms with Crippen LogP contribution >= 0.6 is 0 Å². The van der Waals surface area contributed by atoms with Gasteiger partial charge >= 0.3 is 5.97 Å². The highest BCUT2D eigenvalue weighted by atomic mass is 16.5. The summed E-state index contributed by atoms with van der Waals surface area (Å²) in [6.45, 7) is 3.98. The third-order valence-corrected chi connectivity index (χ3v) is 2.12. The molecule has 0 aliphatic carbocycles. The summed E-state index contributed by atoms with van der Waals surface area (Å²) >= 11 is 0. The van der Waals surface area contributed by atoms with Gasteiger partial charge in [0, 0.05) is 17.8 Å². The van der Waals surface area contributed by atoms with Gasteiger partial charge in [-0.2, -0.15) is 5.10 Å². The van der Waals surface area contributed by atoms with Crippen LogP contribution in [0.15, 0.2) is 12.4 Å². The quantitative estimate of drug-likeness (QED) is 0.758. The molecule has 0 radical (unpaired) electrons. The second-order valence-corrected chi connectivity index (χ2v) is 3.64. The summed E-state index contributed by atoms with van der Waals surface area (Å²) in [7, 11) is 1.30. The minimum Gasteiger partial charge on any atom is -0.469 e. The van der Waals surface area contributed by atoms with Crippen molar-refractivity contribution < 1.29 is 14.6 Å². The maximum absolute atomic E-state index is 10.9. The van der Waals surface area contributed by atoms with Crippen molar-refractivity contribution in [3.63, 3.8) is 0 Å². The molecule has 1 heterocycles. The first-order valence-corrected chi connectivity index (χ1v) is 4.83. The number of carbonyl (C=O) groups is 1. The molecule has 5 heteroatoms. The first-order valence-electron chi connectivity index (χ1n) is 4.83. The van der Waals surface area contributed by atoms with Crippen LogP contribution in [0.3, 0.4) is 0 Å². The summed E-state index contributed by atoms with van der Waals surface area (Å²) in [5, 5.41) is 13.7. The van der Waals surface area contributed by atoms with Crippen LogP contribution in [-0.4, -0.2) is 28.0 Å². The number of carbonyl (C=O) groups excluding carboxylic acids is 1. The standard InChI is InChI=1S/C10H16N2O3/c1-7(2)12-6-8(5-11-12)9(13)4-10(14)15-3/h5-7,9,13H,4H2,1-3H3. The van der Waals surface area contributed by atoms with Crippen molar-refractivity contribution in [2.24, 2.45) is 0 Å². The smallest absolute Gasteiger partial charge is 0.308 e. The van der Waals surface area contributed by atoms with E-state index in [0.717, 1.165) is 0 Å². The molecule has 1 rings (SSSR count). The van der Waals surface area contributed by atoms with E-state index in [1.807, 2.05) is 13.8 Å². The van der Waals surface area contributed by atoms with Crippen LogP contribution in [-0.2, 0) is 9.53 Å². The molecule has 0 spiro atoms. The highest BCUT2D eigenvalue weighted by molar-refractivity contribution is 5.69. The maximum Gasteiger partial charge on any atom is 0.308 e. The lowest BCUT2D eigenvalue weighted by Crippen LogP contribution is -2.07. The molecular weight excluding hydrogens is 196 g/mol. The predicted molar refractivity (Wildman–Crippen MR) is 54.2 cm³/mol. The van der Waals surface area contributed by atoms with Gasteiger partial charge < -0.3 is 9.84 Å². The SMILES string of the molecule is COC(=O)CC(O)c1cnn(C(C)C)c1. The fourth-order valence-electron chi connectivity index (χ4n) is 1.17. The van der Waals surface area contributed by atoms with Crippen molar-refractivity contribution in [1.29, 1.82) is 0 Å². The summed E-state index contributed by atoms with van der Waals surface area (Å²) in [5.74, 6) is -0.431. The fraction of sp³-hybridized carbons (Fsp3) is 0.600. The van der Waals surface area contributed by atoms with E-state index in [4.69, 9.17) is 0 Å². The number of hydrogen-bond donors (Lipinski definition) is 1. The van der Waals surface area contributed by atoms with Crippen LogP contribution in [0.4, 0.5) is 0 Å². The molecular formula is C10H16N2O3. The van der Waals surface area contributed by atoms with Gasteiger partial charge in [-0.3, -0.25) is 9.48 Å². The Balaban J connectivity index is 2.65. The molecule has 1 aromatic heterocycles. The summed E-state index contributed by atoms with van der Waals surface area (Å²) in [6, 6.07) is 0.240. The van der Waals surface area contributed by atoms with Gasteiger partial charge in [0.2, 0.25) is 0 Å². The number of esters is 1. The lowest BCUT2D eigenvalue weighted by molar-refractivity contribution is -0.142. The molecule has 5 nitrogen and oxygen atoms in total. The maximum atomic E-state index is 10.9. The Morgan fingerprint density at radius 2 is 2.33 bits per heavy atom. The second kappa shape index (κ2) is 4.93. The summed E-state index contributed by atoms with van der Waals surface area (Å²) in [5.41, 5.74) is 0.633. The van der Waals surface area contributed by atoms with Crippen LogP contribution < -0.4 is 0 Å². The predicted octanol–water partition coefficient (Wildman–Crippen LogP) is 1.06. The van der Waals surface area contributed by atoms with E-state index >= 15 is 0 Å². The molecule has 0 fully saturated rings. The number of methoxy groups -OCH3 is 1. The van der Waals surface area contributed by atoms with Crippen LogP contribution in [0.1, 0.15) is 38.0 Å². The molecule has 15 heavy (non-hydrogen) atoms. The molecule has 0 bridgehead atoms. The lowest BCUT2D eigenvalue weighted by Gasteiger charge is -2.06. The Hall–Kier alpha value is -1.36. The number of hydrogen-bond acceptors (Lipinski definition) is 4. The molecule has 1 unspecified atom stereocenters. The summed E-state index contributed by atoms with van der Waals surface area (Å²) in [4.78, 5) is 10.9. The molecule has 84 valence electrons. The monoisotopic (exact) mass is 212 g/mol. The summed E-state index contributed by atoms with van der Waals surface area (Å²) < 4.78 is 6.20. The van der Waals surface area contributed by atoms with E-state index in [-0.39, 0.29) is 12.5 Å². The van der Waals surface area contributed by atoms with Crippen LogP contribution in [0, 0.1) is 0 Å². The lowest BCUT2D eigenvalue weighted by atomic mass is 10.1. The van der Waals surface area contributed by atoms with Gasteiger partial charge in [0.15, 0.2) is 0 Å². The number of aliphatic hydroxyl groups is 1. The molecule has 0 amide bonds. The molecule has 0 saturated heterocycles. The number of rotatable bonds is 4. The van der Waals surface area contributed by atoms with E-state index in [0.29, 0.717) is 5.56 Å². The Kier molecular flexibility index (Phi) is 3.85. The van der Waals surface area contributed by atoms with E-state index in [1.54, 1.807) is 17.1 Å². The Morgan fingerprint density at radius 3 is 2.80 bits per heavy atom. The largest absolute Gasteiger partial charge is 0.469 e. The molecule has 0 saturated carbocycles. The van der Waals surface area contributed by atoms with Gasteiger partial charge in [0.1, 0.15) is 0 Å². The van der Waals surface area contributed by atoms with Gasteiger partial charge in [-0.05, 0) is 13.8 Å². The van der Waals surface area contributed by atoms with Gasteiger partial charge in [-0.25, -0.2) is 0 Å². The van der Waals surface area contributed by atoms with Crippen molar-refractivity contribution in [1.82, 2.24) is 9.78 Å². The van der Waals surface area contributed by atoms with E-state index in [2.05, 4.69) is 9.84 Å². The number of aromatic nitrogens is 2. The molecule has 0 aromatic carbocycles. The van der Waals surface area contributed by atoms with Crippen LogP contribution in [0.25, 0.3) is 0 Å². The molecule has 0 aliphatic heterocycles. The zero-order chi connectivity index (χ0) is 11.4. The van der Waals surface area contributed by atoms with Gasteiger partial charge in [-0.1, -0.05) is 0 Å². The average molecular weight is 212 g/mol. The number of ether oxygens (including phenoxy) is 1. The average Bonchev–Trinajstić information content (AvgIpc) is 2.66. The minimum absolute atomic E-state index is 0.0414. The van der Waals surface area contributed by atoms with Crippen molar-refractivity contribution in [2.75, 3.05) is 7.11 Å². The molecule has 1 atom stereocenters. The van der Waals surface area contributed by atoms with Gasteiger partial charge in [-0.15, -0.1) is 0 Å². The minimum atomic E-state index is -0.843. The topological polar surface area (TPSA) is 64.3 Å². The zero-order valence-corrected chi connectivity index (χ0v) is 9.17. The van der Waals surface area contributed by atoms with Crippen molar-refractivity contribution in [3.8, 4) is 0 Å². The van der Waals surface area contributed by atoms with Crippen molar-refractivity contribution >= 4 is 5.97 Å². The van der Waals surface area contributed by atoms with Gasteiger partial charge in [0.05, 0.1) is 25.8 Å². The Morgan fingerprint density at radius 1 is 1.67 bits per heavy atom. The molecule has 1 N–H and O–H groups in total. The highest BCUT2D eigenvalue weighted by Gasteiger charge is 2.15. The third kappa shape index (κ3) is 3.06. The van der Waals surface area contributed by atoms with Crippen LogP contribution in [0.5, 0.6) is 0 Å². The summed E-state index contributed by atoms with van der Waals surface area (Å²) in [6.07, 6.45) is 2.41. The molecule has 1 aromatic rings. The normalized spacial score (nSPS) is 12.9. The zero-order valence-electron chi connectivity index (χ0n) is 9.17. The first kappa shape index (κ1) is 11.7. The number of aliphatic hydroxyl groups excluding tert-OH is 1. The first-order chi connectivity index (χ1) is 7.04. The highest BCUT2D eigenvalue weighted by Crippen LogP contribution is 2.17. The third-order valence-electron chi connectivity index (χ3n) is 2.12. The van der Waals surface area contributed by atoms with Gasteiger partial charge in [0.25, 0.3) is 0 Å². The second-order valence-electron chi connectivity index (χ2n) is 3.64. The fourth-order valence-corrected chi connectivity index (χ4v) is 1.17. The van der Waals surface area contributed by atoms with Crippen molar-refractivity contribution in [2.45, 2.75) is 32.4 Å². The Labute approximate surface area is 88.7 Å². The van der Waals surface area contributed by atoms with Crippen molar-refractivity contribution in [3.05, 3.63) is 18.0 Å². The molecule has 0 aliphatic rings. The van der Waals surface area contributed by atoms with E-state index in [1.165, 1.54) is 7.11 Å². The number of nitrogens with zero attached hydrogens (tertiary/aromatic N) is 2. The van der Waals surface area contributed by atoms with Crippen LogP contribution in [0.2, 0.25) is 0 Å². The Bertz CT molecular complexity index is 333. The van der Waals surface area contributed by atoms with E-state index < -0.39 is 12.1 Å².